The van der Waals surface area contributed by atoms with Crippen molar-refractivity contribution in [3.05, 3.63) is 46.3 Å². The number of nitrogens with zero attached hydrogens (tertiary/aromatic N) is 1. The van der Waals surface area contributed by atoms with E-state index >= 15 is 0 Å². The number of halogens is 1. The molecular weight excluding hydrogens is 392 g/mol. The van der Waals surface area contributed by atoms with Gasteiger partial charge < -0.3 is 5.32 Å². The number of hydrogen-bond donors (Lipinski definition) is 1. The maximum atomic E-state index is 13.3. The first-order chi connectivity index (χ1) is 12.0. The van der Waals surface area contributed by atoms with Crippen molar-refractivity contribution in [3.8, 4) is 0 Å². The molecule has 0 saturated carbocycles. The molecule has 8 heteroatoms. The van der Waals surface area contributed by atoms with Crippen LogP contribution in [0.3, 0.4) is 0 Å². The first-order valence-electron chi connectivity index (χ1n) is 7.94. The SMILES string of the molecule is CC(=O)Nc1ccc2c(c1)C(C)=CC(C)(C)N2S(=O)(=O)c1ccc(Cl)s1. The highest BCUT2D eigenvalue weighted by molar-refractivity contribution is 7.94. The van der Waals surface area contributed by atoms with Crippen molar-refractivity contribution in [1.29, 1.82) is 0 Å². The van der Waals surface area contributed by atoms with Crippen molar-refractivity contribution in [2.24, 2.45) is 0 Å². The molecule has 1 aliphatic rings. The number of carbonyl (C=O) groups is 1. The molecule has 1 aromatic heterocycles. The third kappa shape index (κ3) is 3.26. The van der Waals surface area contributed by atoms with E-state index in [0.29, 0.717) is 15.7 Å². The molecule has 1 aliphatic heterocycles. The molecule has 2 aromatic rings. The summed E-state index contributed by atoms with van der Waals surface area (Å²) >= 11 is 6.99. The summed E-state index contributed by atoms with van der Waals surface area (Å²) in [6.45, 7) is 7.08. The van der Waals surface area contributed by atoms with Crippen LogP contribution in [0.5, 0.6) is 0 Å². The lowest BCUT2D eigenvalue weighted by Gasteiger charge is -2.41. The van der Waals surface area contributed by atoms with Crippen LogP contribution >= 0.6 is 22.9 Å². The Morgan fingerprint density at radius 2 is 1.92 bits per heavy atom. The van der Waals surface area contributed by atoms with Gasteiger partial charge in [0.1, 0.15) is 4.21 Å². The first-order valence-corrected chi connectivity index (χ1v) is 10.6. The molecule has 0 atom stereocenters. The molecule has 2 heterocycles. The van der Waals surface area contributed by atoms with Gasteiger partial charge >= 0.3 is 0 Å². The van der Waals surface area contributed by atoms with Crippen LogP contribution in [-0.2, 0) is 14.8 Å². The largest absolute Gasteiger partial charge is 0.326 e. The Hall–Kier alpha value is -1.83. The van der Waals surface area contributed by atoms with Crippen LogP contribution in [0.2, 0.25) is 4.34 Å². The minimum atomic E-state index is -3.79. The molecule has 5 nitrogen and oxygen atoms in total. The topological polar surface area (TPSA) is 66.5 Å². The summed E-state index contributed by atoms with van der Waals surface area (Å²) in [4.78, 5) is 11.3. The van der Waals surface area contributed by atoms with Gasteiger partial charge in [0, 0.05) is 18.2 Å². The smallest absolute Gasteiger partial charge is 0.274 e. The van der Waals surface area contributed by atoms with Gasteiger partial charge in [0.2, 0.25) is 5.91 Å². The normalized spacial score (nSPS) is 16.0. The third-order valence-corrected chi connectivity index (χ3v) is 7.80. The van der Waals surface area contributed by atoms with Crippen molar-refractivity contribution in [1.82, 2.24) is 0 Å². The third-order valence-electron chi connectivity index (χ3n) is 4.10. The van der Waals surface area contributed by atoms with E-state index in [1.807, 2.05) is 26.8 Å². The Morgan fingerprint density at radius 3 is 2.50 bits per heavy atom. The number of nitrogens with one attached hydrogen (secondary N) is 1. The fourth-order valence-corrected chi connectivity index (χ4v) is 6.59. The molecule has 0 radical (unpaired) electrons. The monoisotopic (exact) mass is 410 g/mol. The molecule has 1 N–H and O–H groups in total. The minimum absolute atomic E-state index is 0.180. The van der Waals surface area contributed by atoms with Crippen LogP contribution in [0.25, 0.3) is 5.57 Å². The lowest BCUT2D eigenvalue weighted by atomic mass is 9.91. The predicted molar refractivity (Wildman–Crippen MR) is 107 cm³/mol. The fourth-order valence-electron chi connectivity index (χ4n) is 3.25. The molecule has 0 spiro atoms. The molecule has 0 aliphatic carbocycles. The number of amides is 1. The van der Waals surface area contributed by atoms with Crippen molar-refractivity contribution < 1.29 is 13.2 Å². The molecular formula is C18H19ClN2O3S2. The average molecular weight is 411 g/mol. The molecule has 0 unspecified atom stereocenters. The summed E-state index contributed by atoms with van der Waals surface area (Å²) in [5, 5.41) is 2.74. The standard InChI is InChI=1S/C18H19ClN2O3S2/c1-11-10-18(3,4)21(26(23,24)17-8-7-16(19)25-17)15-6-5-13(9-14(11)15)20-12(2)22/h5-10H,1-4H3,(H,20,22). The second-order valence-electron chi connectivity index (χ2n) is 6.72. The Kier molecular flexibility index (Phi) is 4.67. The zero-order valence-electron chi connectivity index (χ0n) is 14.8. The van der Waals surface area contributed by atoms with Gasteiger partial charge in [-0.1, -0.05) is 17.7 Å². The molecule has 1 amide bonds. The highest BCUT2D eigenvalue weighted by Crippen LogP contribution is 2.44. The van der Waals surface area contributed by atoms with Crippen molar-refractivity contribution >= 4 is 55.8 Å². The van der Waals surface area contributed by atoms with Gasteiger partial charge in [0.25, 0.3) is 10.0 Å². The van der Waals surface area contributed by atoms with Gasteiger partial charge in [-0.25, -0.2) is 8.42 Å². The minimum Gasteiger partial charge on any atom is -0.326 e. The van der Waals surface area contributed by atoms with Crippen LogP contribution in [-0.4, -0.2) is 19.9 Å². The Balaban J connectivity index is 2.19. The van der Waals surface area contributed by atoms with Crippen molar-refractivity contribution in [2.75, 3.05) is 9.62 Å². The molecule has 0 bridgehead atoms. The number of allylic oxidation sites excluding steroid dienone is 1. The summed E-state index contributed by atoms with van der Waals surface area (Å²) in [5.74, 6) is -0.180. The summed E-state index contributed by atoms with van der Waals surface area (Å²) in [6.07, 6.45) is 1.92. The number of rotatable bonds is 3. The molecule has 1 aromatic carbocycles. The highest BCUT2D eigenvalue weighted by atomic mass is 35.5. The Morgan fingerprint density at radius 1 is 1.23 bits per heavy atom. The number of fused-ring (bicyclic) bond motifs is 1. The van der Waals surface area contributed by atoms with E-state index in [2.05, 4.69) is 5.32 Å². The Labute approximate surface area is 162 Å². The van der Waals surface area contributed by atoms with E-state index in [1.165, 1.54) is 17.3 Å². The first kappa shape index (κ1) is 18.9. The second kappa shape index (κ2) is 6.40. The van der Waals surface area contributed by atoms with E-state index in [0.717, 1.165) is 22.5 Å². The summed E-state index contributed by atoms with van der Waals surface area (Å²) in [6, 6.07) is 8.33. The second-order valence-corrected chi connectivity index (χ2v) is 10.5. The van der Waals surface area contributed by atoms with Crippen LogP contribution < -0.4 is 9.62 Å². The average Bonchev–Trinajstić information content (AvgIpc) is 2.93. The van der Waals surface area contributed by atoms with Gasteiger partial charge in [-0.2, -0.15) is 0 Å². The number of sulfonamides is 1. The van der Waals surface area contributed by atoms with Crippen molar-refractivity contribution in [2.45, 2.75) is 37.4 Å². The summed E-state index contributed by atoms with van der Waals surface area (Å²) < 4.78 is 28.7. The van der Waals surface area contributed by atoms with Crippen molar-refractivity contribution in [3.63, 3.8) is 0 Å². The summed E-state index contributed by atoms with van der Waals surface area (Å²) in [7, 11) is -3.79. The predicted octanol–water partition coefficient (Wildman–Crippen LogP) is 4.75. The fraction of sp³-hybridized carbons (Fsp3) is 0.278. The maximum absolute atomic E-state index is 13.3. The van der Waals surface area contributed by atoms with Crippen LogP contribution in [0, 0.1) is 0 Å². The van der Waals surface area contributed by atoms with E-state index in [-0.39, 0.29) is 10.1 Å². The number of benzene rings is 1. The number of thiophene rings is 1. The van der Waals surface area contributed by atoms with E-state index in [9.17, 15) is 13.2 Å². The zero-order chi connectivity index (χ0) is 19.3. The number of anilines is 2. The molecule has 3 rings (SSSR count). The van der Waals surface area contributed by atoms with Gasteiger partial charge in [0.15, 0.2) is 0 Å². The lowest BCUT2D eigenvalue weighted by molar-refractivity contribution is -0.114. The number of carbonyl (C=O) groups excluding carboxylic acids is 1. The van der Waals surface area contributed by atoms with Crippen LogP contribution in [0.1, 0.15) is 33.3 Å². The highest BCUT2D eigenvalue weighted by Gasteiger charge is 2.41. The molecule has 0 fully saturated rings. The van der Waals surface area contributed by atoms with E-state index in [4.69, 9.17) is 11.6 Å². The summed E-state index contributed by atoms with van der Waals surface area (Å²) in [5.41, 5.74) is 2.17. The van der Waals surface area contributed by atoms with E-state index in [1.54, 1.807) is 24.3 Å². The van der Waals surface area contributed by atoms with Crippen LogP contribution in [0.15, 0.2) is 40.6 Å². The zero-order valence-corrected chi connectivity index (χ0v) is 17.2. The maximum Gasteiger partial charge on any atom is 0.274 e. The lowest BCUT2D eigenvalue weighted by Crippen LogP contribution is -2.48. The van der Waals surface area contributed by atoms with Gasteiger partial charge in [-0.15, -0.1) is 11.3 Å². The van der Waals surface area contributed by atoms with Crippen LogP contribution in [0.4, 0.5) is 11.4 Å². The molecule has 26 heavy (non-hydrogen) atoms. The quantitative estimate of drug-likeness (QED) is 0.793. The number of hydrogen-bond acceptors (Lipinski definition) is 4. The van der Waals surface area contributed by atoms with E-state index < -0.39 is 15.6 Å². The van der Waals surface area contributed by atoms with Gasteiger partial charge in [-0.05, 0) is 56.7 Å². The van der Waals surface area contributed by atoms with Gasteiger partial charge in [0.05, 0.1) is 15.6 Å². The molecule has 138 valence electrons. The van der Waals surface area contributed by atoms with Gasteiger partial charge in [-0.3, -0.25) is 9.10 Å². The Bertz CT molecular complexity index is 1020. The molecule has 0 saturated heterocycles.